The Morgan fingerprint density at radius 1 is 1.47 bits per heavy atom. The molecule has 0 N–H and O–H groups in total. The Morgan fingerprint density at radius 3 is 2.93 bits per heavy atom. The molecule has 1 aliphatic rings. The number of hydrogen-bond donors (Lipinski definition) is 0. The molecule has 0 unspecified atom stereocenters. The van der Waals surface area contributed by atoms with Crippen LogP contribution in [0.2, 0.25) is 0 Å². The van der Waals surface area contributed by atoms with Gasteiger partial charge in [-0.05, 0) is 23.6 Å². The van der Waals surface area contributed by atoms with E-state index in [0.717, 1.165) is 17.5 Å². The molecule has 0 radical (unpaired) electrons. The van der Waals surface area contributed by atoms with Gasteiger partial charge in [0.1, 0.15) is 0 Å². The minimum Gasteiger partial charge on any atom is -0.490 e. The maximum absolute atomic E-state index is 10.8. The summed E-state index contributed by atoms with van der Waals surface area (Å²) in [5, 5.41) is 10.8. The van der Waals surface area contributed by atoms with Gasteiger partial charge in [0.15, 0.2) is 5.75 Å². The molecule has 1 aromatic carbocycles. The molecule has 0 fully saturated rings. The van der Waals surface area contributed by atoms with Gasteiger partial charge in [-0.15, -0.1) is 0 Å². The minimum absolute atomic E-state index is 0.00162. The molecule has 0 saturated heterocycles. The molecule has 0 spiro atoms. The van der Waals surface area contributed by atoms with E-state index < -0.39 is 4.92 Å². The molecule has 5 nitrogen and oxygen atoms in total. The first-order valence-electron chi connectivity index (χ1n) is 4.64. The highest BCUT2D eigenvalue weighted by Crippen LogP contribution is 2.32. The van der Waals surface area contributed by atoms with Crippen molar-refractivity contribution in [2.24, 2.45) is 0 Å². The minimum atomic E-state index is -0.437. The number of rotatable bonds is 2. The molecule has 1 heterocycles. The van der Waals surface area contributed by atoms with Gasteiger partial charge in [0.25, 0.3) is 0 Å². The molecule has 2 rings (SSSR count). The smallest absolute Gasteiger partial charge is 0.311 e. The van der Waals surface area contributed by atoms with Crippen molar-refractivity contribution in [1.82, 2.24) is 0 Å². The van der Waals surface area contributed by atoms with E-state index in [-0.39, 0.29) is 5.69 Å². The van der Waals surface area contributed by atoms with Crippen molar-refractivity contribution in [2.45, 2.75) is 13.0 Å². The number of methoxy groups -OCH3 is 1. The van der Waals surface area contributed by atoms with E-state index in [1.54, 1.807) is 6.07 Å². The summed E-state index contributed by atoms with van der Waals surface area (Å²) in [6, 6.07) is 3.27. The van der Waals surface area contributed by atoms with Gasteiger partial charge in [0.05, 0.1) is 25.2 Å². The van der Waals surface area contributed by atoms with Crippen LogP contribution in [0.1, 0.15) is 11.1 Å². The Hall–Kier alpha value is -1.62. The molecule has 0 amide bonds. The van der Waals surface area contributed by atoms with E-state index in [1.165, 1.54) is 13.2 Å². The van der Waals surface area contributed by atoms with Crippen LogP contribution in [0.5, 0.6) is 5.75 Å². The predicted octanol–water partition coefficient (Wildman–Crippen LogP) is 1.68. The molecular weight excluding hydrogens is 198 g/mol. The van der Waals surface area contributed by atoms with Crippen molar-refractivity contribution < 1.29 is 14.4 Å². The van der Waals surface area contributed by atoms with Crippen molar-refractivity contribution in [3.05, 3.63) is 33.4 Å². The van der Waals surface area contributed by atoms with Crippen LogP contribution in [0.4, 0.5) is 5.69 Å². The quantitative estimate of drug-likeness (QED) is 0.549. The van der Waals surface area contributed by atoms with Gasteiger partial charge in [-0.25, -0.2) is 0 Å². The largest absolute Gasteiger partial charge is 0.490 e. The SMILES string of the molecule is COc1cc2c(cc1[N+](=O)[O-])COCC2. The summed E-state index contributed by atoms with van der Waals surface area (Å²) >= 11 is 0. The molecule has 1 aromatic rings. The van der Waals surface area contributed by atoms with Crippen molar-refractivity contribution in [3.8, 4) is 5.75 Å². The first kappa shape index (κ1) is 9.92. The molecule has 0 atom stereocenters. The first-order valence-corrected chi connectivity index (χ1v) is 4.64. The molecule has 0 saturated carbocycles. The fourth-order valence-corrected chi connectivity index (χ4v) is 1.69. The monoisotopic (exact) mass is 209 g/mol. The highest BCUT2D eigenvalue weighted by atomic mass is 16.6. The van der Waals surface area contributed by atoms with E-state index in [9.17, 15) is 10.1 Å². The topological polar surface area (TPSA) is 61.6 Å². The van der Waals surface area contributed by atoms with Crippen LogP contribution < -0.4 is 4.74 Å². The lowest BCUT2D eigenvalue weighted by molar-refractivity contribution is -0.385. The van der Waals surface area contributed by atoms with Crippen LogP contribution in [0.3, 0.4) is 0 Å². The zero-order valence-electron chi connectivity index (χ0n) is 8.36. The van der Waals surface area contributed by atoms with E-state index in [0.29, 0.717) is 19.0 Å². The summed E-state index contributed by atoms with van der Waals surface area (Å²) in [5.41, 5.74) is 1.96. The molecule has 5 heteroatoms. The average Bonchev–Trinajstić information content (AvgIpc) is 2.27. The Labute approximate surface area is 86.8 Å². The van der Waals surface area contributed by atoms with Gasteiger partial charge in [-0.3, -0.25) is 10.1 Å². The summed E-state index contributed by atoms with van der Waals surface area (Å²) in [6.45, 7) is 1.11. The third-order valence-corrected chi connectivity index (χ3v) is 2.47. The van der Waals surface area contributed by atoms with Crippen LogP contribution in [0.15, 0.2) is 12.1 Å². The van der Waals surface area contributed by atoms with Crippen LogP contribution in [-0.4, -0.2) is 18.6 Å². The Balaban J connectivity index is 2.51. The van der Waals surface area contributed by atoms with E-state index in [4.69, 9.17) is 9.47 Å². The van der Waals surface area contributed by atoms with Gasteiger partial charge >= 0.3 is 5.69 Å². The van der Waals surface area contributed by atoms with Crippen molar-refractivity contribution in [2.75, 3.05) is 13.7 Å². The molecule has 80 valence electrons. The summed E-state index contributed by atoms with van der Waals surface area (Å²) in [5.74, 6) is 0.320. The van der Waals surface area contributed by atoms with E-state index in [1.807, 2.05) is 0 Å². The second kappa shape index (κ2) is 3.86. The molecule has 0 bridgehead atoms. The van der Waals surface area contributed by atoms with Crippen LogP contribution in [0, 0.1) is 10.1 Å². The average molecular weight is 209 g/mol. The van der Waals surface area contributed by atoms with Gasteiger partial charge in [0, 0.05) is 6.07 Å². The number of nitro groups is 1. The third kappa shape index (κ3) is 1.78. The van der Waals surface area contributed by atoms with Crippen LogP contribution >= 0.6 is 0 Å². The fraction of sp³-hybridized carbons (Fsp3) is 0.400. The zero-order chi connectivity index (χ0) is 10.8. The van der Waals surface area contributed by atoms with Gasteiger partial charge < -0.3 is 9.47 Å². The van der Waals surface area contributed by atoms with E-state index in [2.05, 4.69) is 0 Å². The van der Waals surface area contributed by atoms with Crippen molar-refractivity contribution in [1.29, 1.82) is 0 Å². The number of nitro benzene ring substituents is 1. The summed E-state index contributed by atoms with van der Waals surface area (Å²) < 4.78 is 10.2. The predicted molar refractivity (Wildman–Crippen MR) is 53.0 cm³/mol. The highest BCUT2D eigenvalue weighted by molar-refractivity contribution is 5.52. The van der Waals surface area contributed by atoms with E-state index >= 15 is 0 Å². The molecule has 0 aliphatic carbocycles. The molecule has 1 aliphatic heterocycles. The highest BCUT2D eigenvalue weighted by Gasteiger charge is 2.20. The van der Waals surface area contributed by atoms with Gasteiger partial charge in [-0.2, -0.15) is 0 Å². The molecule has 15 heavy (non-hydrogen) atoms. The number of hydrogen-bond acceptors (Lipinski definition) is 4. The maximum atomic E-state index is 10.8. The lowest BCUT2D eigenvalue weighted by Gasteiger charge is -2.16. The standard InChI is InChI=1S/C10H11NO4/c1-14-10-5-7-2-3-15-6-8(7)4-9(10)11(12)13/h4-5H,2-3,6H2,1H3. The number of nitrogens with zero attached hydrogens (tertiary/aromatic N) is 1. The first-order chi connectivity index (χ1) is 7.22. The molecule has 0 aromatic heterocycles. The number of fused-ring (bicyclic) bond motifs is 1. The maximum Gasteiger partial charge on any atom is 0.311 e. The fourth-order valence-electron chi connectivity index (χ4n) is 1.69. The second-order valence-electron chi connectivity index (χ2n) is 3.35. The Kier molecular flexibility index (Phi) is 2.55. The van der Waals surface area contributed by atoms with Crippen LogP contribution in [0.25, 0.3) is 0 Å². The number of benzene rings is 1. The Bertz CT molecular complexity index is 403. The van der Waals surface area contributed by atoms with Crippen molar-refractivity contribution >= 4 is 5.69 Å². The lowest BCUT2D eigenvalue weighted by atomic mass is 10.0. The second-order valence-corrected chi connectivity index (χ2v) is 3.35. The summed E-state index contributed by atoms with van der Waals surface area (Å²) in [7, 11) is 1.44. The normalized spacial score (nSPS) is 14.5. The number of ether oxygens (including phenoxy) is 2. The van der Waals surface area contributed by atoms with Crippen LogP contribution in [-0.2, 0) is 17.8 Å². The van der Waals surface area contributed by atoms with Crippen molar-refractivity contribution in [3.63, 3.8) is 0 Å². The molecular formula is C10H11NO4. The zero-order valence-corrected chi connectivity index (χ0v) is 8.36. The van der Waals surface area contributed by atoms with Gasteiger partial charge in [-0.1, -0.05) is 0 Å². The lowest BCUT2D eigenvalue weighted by Crippen LogP contribution is -2.10. The van der Waals surface area contributed by atoms with Gasteiger partial charge in [0.2, 0.25) is 0 Å². The Morgan fingerprint density at radius 2 is 2.27 bits per heavy atom. The third-order valence-electron chi connectivity index (χ3n) is 2.47. The summed E-state index contributed by atoms with van der Waals surface area (Å²) in [4.78, 5) is 10.3. The summed E-state index contributed by atoms with van der Waals surface area (Å²) in [6.07, 6.45) is 0.781.